The van der Waals surface area contributed by atoms with Crippen LogP contribution < -0.4 is 5.32 Å². The summed E-state index contributed by atoms with van der Waals surface area (Å²) in [6.07, 6.45) is 1.23. The topological polar surface area (TPSA) is 31.2 Å². The van der Waals surface area contributed by atoms with Crippen LogP contribution in [0.15, 0.2) is 0 Å². The minimum Gasteiger partial charge on any atom is -0.380 e. The van der Waals surface area contributed by atoms with Crippen LogP contribution in [0, 0.1) is 0 Å². The molecule has 2 rings (SSSR count). The fourth-order valence-electron chi connectivity index (χ4n) is 1.09. The molecule has 0 amide bonds. The van der Waals surface area contributed by atoms with Crippen LogP contribution in [0.3, 0.4) is 0 Å². The second-order valence-electron chi connectivity index (χ2n) is 2.24. The molecule has 2 saturated heterocycles. The van der Waals surface area contributed by atoms with Crippen molar-refractivity contribution in [2.75, 3.05) is 13.2 Å². The summed E-state index contributed by atoms with van der Waals surface area (Å²) in [6.45, 7) is 1.92. The first kappa shape index (κ1) is 3.87. The van der Waals surface area contributed by atoms with Crippen molar-refractivity contribution in [2.24, 2.45) is 0 Å². The zero-order valence-electron chi connectivity index (χ0n) is 4.18. The predicted octanol–water partition coefficient (Wildman–Crippen LogP) is -0.253. The normalized spacial score (nSPS) is 48.0. The van der Waals surface area contributed by atoms with Gasteiger partial charge in [0.05, 0.1) is 6.61 Å². The Balaban J connectivity index is 1.95. The van der Waals surface area contributed by atoms with Gasteiger partial charge in [0.25, 0.3) is 0 Å². The molecule has 0 unspecified atom stereocenters. The van der Waals surface area contributed by atoms with Crippen molar-refractivity contribution in [3.8, 4) is 0 Å². The molecule has 2 aliphatic rings. The van der Waals surface area contributed by atoms with E-state index in [1.807, 2.05) is 0 Å². The van der Waals surface area contributed by atoms with Gasteiger partial charge >= 0.3 is 0 Å². The van der Waals surface area contributed by atoms with Gasteiger partial charge in [-0.3, -0.25) is 0 Å². The Hall–Kier alpha value is -0.0800. The lowest BCUT2D eigenvalue weighted by atomic mass is 10.2. The zero-order chi connectivity index (χ0) is 4.69. The van der Waals surface area contributed by atoms with Gasteiger partial charge in [-0.25, -0.2) is 0 Å². The molecule has 7 heavy (non-hydrogen) atoms. The van der Waals surface area contributed by atoms with Crippen molar-refractivity contribution in [2.45, 2.75) is 18.5 Å². The van der Waals surface area contributed by atoms with E-state index in [4.69, 9.17) is 4.74 Å². The van der Waals surface area contributed by atoms with Crippen molar-refractivity contribution < 1.29 is 4.74 Å². The maximum absolute atomic E-state index is 5.16. The number of hydrogen-bond donors (Lipinski definition) is 1. The molecule has 2 heteroatoms. The van der Waals surface area contributed by atoms with Crippen LogP contribution in [-0.4, -0.2) is 25.3 Å². The molecular weight excluding hydrogens is 90.1 g/mol. The summed E-state index contributed by atoms with van der Waals surface area (Å²) >= 11 is 0. The fourth-order valence-corrected chi connectivity index (χ4v) is 1.09. The highest BCUT2D eigenvalue weighted by Gasteiger charge is 2.38. The maximum atomic E-state index is 5.16. The van der Waals surface area contributed by atoms with Gasteiger partial charge in [0.2, 0.25) is 0 Å². The smallest absolute Gasteiger partial charge is 0.0634 e. The molecule has 2 atom stereocenters. The van der Waals surface area contributed by atoms with Crippen molar-refractivity contribution in [3.63, 3.8) is 0 Å². The molecular formula is C5H9NO. The van der Waals surface area contributed by atoms with Gasteiger partial charge in [0.1, 0.15) is 0 Å². The summed E-state index contributed by atoms with van der Waals surface area (Å²) in [4.78, 5) is 0. The van der Waals surface area contributed by atoms with Gasteiger partial charge in [0.15, 0.2) is 0 Å². The number of rotatable bonds is 0. The lowest BCUT2D eigenvalue weighted by molar-refractivity contribution is 0.114. The Morgan fingerprint density at radius 2 is 2.43 bits per heavy atom. The highest BCUT2D eigenvalue weighted by atomic mass is 16.5. The lowest BCUT2D eigenvalue weighted by Crippen LogP contribution is -2.13. The van der Waals surface area contributed by atoms with E-state index in [9.17, 15) is 0 Å². The Morgan fingerprint density at radius 3 is 3.00 bits per heavy atom. The van der Waals surface area contributed by atoms with E-state index in [0.29, 0.717) is 0 Å². The van der Waals surface area contributed by atoms with Crippen LogP contribution in [0.1, 0.15) is 6.42 Å². The van der Waals surface area contributed by atoms with E-state index < -0.39 is 0 Å². The summed E-state index contributed by atoms with van der Waals surface area (Å²) in [5, 5.41) is 3.31. The first-order valence-corrected chi connectivity index (χ1v) is 2.80. The molecule has 0 aromatic heterocycles. The van der Waals surface area contributed by atoms with Gasteiger partial charge in [-0.2, -0.15) is 0 Å². The molecule has 2 fully saturated rings. The van der Waals surface area contributed by atoms with E-state index in [-0.39, 0.29) is 0 Å². The molecule has 0 radical (unpaired) electrons. The standard InChI is InChI=1S/C5H9NO/c1-2-7-3-5-4(1)6-5/h4-6H,1-3H2/t4-,5+/m0/s1. The fraction of sp³-hybridized carbons (Fsp3) is 1.00. The third kappa shape index (κ3) is 0.545. The molecule has 2 heterocycles. The number of ether oxygens (including phenoxy) is 1. The number of nitrogens with one attached hydrogen (secondary N) is 1. The summed E-state index contributed by atoms with van der Waals surface area (Å²) in [5.74, 6) is 0. The zero-order valence-corrected chi connectivity index (χ0v) is 4.18. The van der Waals surface area contributed by atoms with E-state index in [1.54, 1.807) is 0 Å². The minimum atomic E-state index is 0.730. The van der Waals surface area contributed by atoms with Crippen molar-refractivity contribution >= 4 is 0 Å². The third-order valence-corrected chi connectivity index (χ3v) is 1.68. The first-order valence-electron chi connectivity index (χ1n) is 2.80. The lowest BCUT2D eigenvalue weighted by Gasteiger charge is -2.05. The van der Waals surface area contributed by atoms with Crippen LogP contribution >= 0.6 is 0 Å². The largest absolute Gasteiger partial charge is 0.380 e. The monoisotopic (exact) mass is 99.1 g/mol. The summed E-state index contributed by atoms with van der Waals surface area (Å²) in [5.41, 5.74) is 0. The number of hydrogen-bond acceptors (Lipinski definition) is 2. The summed E-state index contributed by atoms with van der Waals surface area (Å²) < 4.78 is 5.16. The molecule has 0 bridgehead atoms. The van der Waals surface area contributed by atoms with Gasteiger partial charge in [-0.1, -0.05) is 0 Å². The van der Waals surface area contributed by atoms with E-state index in [0.717, 1.165) is 25.3 Å². The van der Waals surface area contributed by atoms with Crippen LogP contribution in [-0.2, 0) is 4.74 Å². The van der Waals surface area contributed by atoms with Crippen LogP contribution in [0.2, 0.25) is 0 Å². The van der Waals surface area contributed by atoms with Gasteiger partial charge in [-0.15, -0.1) is 0 Å². The quantitative estimate of drug-likeness (QED) is 0.424. The Labute approximate surface area is 42.9 Å². The molecule has 0 aromatic rings. The molecule has 40 valence electrons. The second-order valence-corrected chi connectivity index (χ2v) is 2.24. The first-order chi connectivity index (χ1) is 3.47. The molecule has 0 saturated carbocycles. The minimum absolute atomic E-state index is 0.730. The van der Waals surface area contributed by atoms with E-state index in [2.05, 4.69) is 5.32 Å². The van der Waals surface area contributed by atoms with Gasteiger partial charge < -0.3 is 10.1 Å². The van der Waals surface area contributed by atoms with Crippen molar-refractivity contribution in [1.82, 2.24) is 5.32 Å². The SMILES string of the molecule is C1C[C@@H]2N[C@@H]2CO1. The summed E-state index contributed by atoms with van der Waals surface area (Å²) in [6, 6.07) is 1.56. The third-order valence-electron chi connectivity index (χ3n) is 1.68. The second kappa shape index (κ2) is 1.20. The molecule has 0 spiro atoms. The summed E-state index contributed by atoms with van der Waals surface area (Å²) in [7, 11) is 0. The highest BCUT2D eigenvalue weighted by molar-refractivity contribution is 4.99. The van der Waals surface area contributed by atoms with Crippen LogP contribution in [0.25, 0.3) is 0 Å². The molecule has 2 aliphatic heterocycles. The van der Waals surface area contributed by atoms with E-state index >= 15 is 0 Å². The highest BCUT2D eigenvalue weighted by Crippen LogP contribution is 2.19. The number of fused-ring (bicyclic) bond motifs is 1. The molecule has 2 nitrogen and oxygen atoms in total. The molecule has 0 aromatic carbocycles. The average Bonchev–Trinajstić information content (AvgIpc) is 2.41. The average molecular weight is 99.1 g/mol. The van der Waals surface area contributed by atoms with Crippen LogP contribution in [0.4, 0.5) is 0 Å². The van der Waals surface area contributed by atoms with Crippen molar-refractivity contribution in [1.29, 1.82) is 0 Å². The predicted molar refractivity (Wildman–Crippen MR) is 26.1 cm³/mol. The van der Waals surface area contributed by atoms with Gasteiger partial charge in [0, 0.05) is 18.7 Å². The Morgan fingerprint density at radius 1 is 1.43 bits per heavy atom. The molecule has 1 N–H and O–H groups in total. The Bertz CT molecular complexity index is 74.1. The van der Waals surface area contributed by atoms with E-state index in [1.165, 1.54) is 6.42 Å². The van der Waals surface area contributed by atoms with Crippen molar-refractivity contribution in [3.05, 3.63) is 0 Å². The van der Waals surface area contributed by atoms with Crippen LogP contribution in [0.5, 0.6) is 0 Å². The Kier molecular flexibility index (Phi) is 0.664. The maximum Gasteiger partial charge on any atom is 0.0634 e. The van der Waals surface area contributed by atoms with Gasteiger partial charge in [-0.05, 0) is 6.42 Å². The molecule has 0 aliphatic carbocycles.